The number of H-pyrrole nitrogens is 1. The lowest BCUT2D eigenvalue weighted by Crippen LogP contribution is -2.32. The maximum absolute atomic E-state index is 5.55. The highest BCUT2D eigenvalue weighted by Gasteiger charge is 2.07. The molecule has 0 aliphatic heterocycles. The standard InChI is InChI=1S/C21H26N4O2/c1-4-27-19-10-9-16(14-20(19)26-3)25-21(22-2)23-12-11-17-13-15-7-5-6-8-18(15)24-17/h5-10,13-14,24H,4,11-12H2,1-3H3,(H2,22,23,25). The zero-order valence-corrected chi connectivity index (χ0v) is 16.0. The van der Waals surface area contributed by atoms with Gasteiger partial charge in [-0.1, -0.05) is 18.2 Å². The molecule has 1 heterocycles. The highest BCUT2D eigenvalue weighted by molar-refractivity contribution is 5.93. The molecule has 6 heteroatoms. The predicted molar refractivity (Wildman–Crippen MR) is 111 cm³/mol. The van der Waals surface area contributed by atoms with Gasteiger partial charge in [0.15, 0.2) is 17.5 Å². The summed E-state index contributed by atoms with van der Waals surface area (Å²) in [6.07, 6.45) is 0.877. The van der Waals surface area contributed by atoms with Gasteiger partial charge in [-0.05, 0) is 36.6 Å². The normalized spacial score (nSPS) is 11.4. The molecule has 6 nitrogen and oxygen atoms in total. The van der Waals surface area contributed by atoms with E-state index in [1.54, 1.807) is 14.2 Å². The first kappa shape index (κ1) is 18.6. The third kappa shape index (κ3) is 4.73. The molecule has 0 atom stereocenters. The highest BCUT2D eigenvalue weighted by atomic mass is 16.5. The predicted octanol–water partition coefficient (Wildman–Crippen LogP) is 3.81. The van der Waals surface area contributed by atoms with Crippen LogP contribution in [0.4, 0.5) is 5.69 Å². The summed E-state index contributed by atoms with van der Waals surface area (Å²) in [5.41, 5.74) is 3.24. The monoisotopic (exact) mass is 366 g/mol. The van der Waals surface area contributed by atoms with Crippen molar-refractivity contribution in [3.8, 4) is 11.5 Å². The van der Waals surface area contributed by atoms with Crippen LogP contribution in [0, 0.1) is 0 Å². The molecule has 2 aromatic carbocycles. The fourth-order valence-electron chi connectivity index (χ4n) is 2.92. The van der Waals surface area contributed by atoms with Gasteiger partial charge in [-0.15, -0.1) is 0 Å². The number of hydrogen-bond donors (Lipinski definition) is 3. The minimum absolute atomic E-state index is 0.597. The molecule has 0 saturated carbocycles. The maximum atomic E-state index is 5.55. The number of aliphatic imine (C=N–C) groups is 1. The number of benzene rings is 2. The highest BCUT2D eigenvalue weighted by Crippen LogP contribution is 2.30. The summed E-state index contributed by atoms with van der Waals surface area (Å²) in [6.45, 7) is 3.31. The van der Waals surface area contributed by atoms with Crippen molar-refractivity contribution in [1.82, 2.24) is 10.3 Å². The van der Waals surface area contributed by atoms with Crippen molar-refractivity contribution in [2.45, 2.75) is 13.3 Å². The summed E-state index contributed by atoms with van der Waals surface area (Å²) in [5, 5.41) is 7.85. The Morgan fingerprint density at radius 2 is 1.96 bits per heavy atom. The lowest BCUT2D eigenvalue weighted by molar-refractivity contribution is 0.311. The molecule has 0 aliphatic rings. The van der Waals surface area contributed by atoms with Crippen molar-refractivity contribution in [3.63, 3.8) is 0 Å². The van der Waals surface area contributed by atoms with Gasteiger partial charge in [0.1, 0.15) is 0 Å². The zero-order valence-electron chi connectivity index (χ0n) is 16.0. The lowest BCUT2D eigenvalue weighted by atomic mass is 10.2. The Balaban J connectivity index is 1.57. The molecule has 0 saturated heterocycles. The molecule has 3 rings (SSSR count). The van der Waals surface area contributed by atoms with Crippen LogP contribution in [0.1, 0.15) is 12.6 Å². The van der Waals surface area contributed by atoms with Crippen LogP contribution < -0.4 is 20.1 Å². The quantitative estimate of drug-likeness (QED) is 0.439. The Kier molecular flexibility index (Phi) is 6.20. The summed E-state index contributed by atoms with van der Waals surface area (Å²) in [5.74, 6) is 2.13. The van der Waals surface area contributed by atoms with Crippen LogP contribution >= 0.6 is 0 Å². The number of ether oxygens (including phenoxy) is 2. The van der Waals surface area contributed by atoms with E-state index in [9.17, 15) is 0 Å². The van der Waals surface area contributed by atoms with Gasteiger partial charge in [0.05, 0.1) is 13.7 Å². The van der Waals surface area contributed by atoms with Gasteiger partial charge in [0.2, 0.25) is 0 Å². The number of hydrogen-bond acceptors (Lipinski definition) is 3. The maximum Gasteiger partial charge on any atom is 0.195 e. The SMILES string of the molecule is CCOc1ccc(NC(=NC)NCCc2cc3ccccc3[nH]2)cc1OC. The van der Waals surface area contributed by atoms with Crippen molar-refractivity contribution in [2.24, 2.45) is 4.99 Å². The van der Waals surface area contributed by atoms with Crippen LogP contribution in [-0.2, 0) is 6.42 Å². The Morgan fingerprint density at radius 3 is 2.70 bits per heavy atom. The van der Waals surface area contributed by atoms with Crippen LogP contribution in [-0.4, -0.2) is 38.3 Å². The Hall–Kier alpha value is -3.15. The average molecular weight is 366 g/mol. The van der Waals surface area contributed by atoms with Crippen LogP contribution in [0.25, 0.3) is 10.9 Å². The number of nitrogens with zero attached hydrogens (tertiary/aromatic N) is 1. The minimum atomic E-state index is 0.597. The third-order valence-corrected chi connectivity index (χ3v) is 4.22. The van der Waals surface area contributed by atoms with E-state index in [0.717, 1.165) is 29.9 Å². The first-order chi connectivity index (χ1) is 13.2. The van der Waals surface area contributed by atoms with Crippen molar-refractivity contribution in [2.75, 3.05) is 32.6 Å². The number of anilines is 1. The van der Waals surface area contributed by atoms with Crippen molar-refractivity contribution < 1.29 is 9.47 Å². The van der Waals surface area contributed by atoms with Crippen LogP contribution in [0.5, 0.6) is 11.5 Å². The largest absolute Gasteiger partial charge is 0.493 e. The number of guanidine groups is 1. The summed E-state index contributed by atoms with van der Waals surface area (Å²) < 4.78 is 10.9. The molecule has 1 aromatic heterocycles. The molecule has 3 aromatic rings. The second kappa shape index (κ2) is 8.98. The van der Waals surface area contributed by atoms with E-state index in [4.69, 9.17) is 9.47 Å². The summed E-state index contributed by atoms with van der Waals surface area (Å²) >= 11 is 0. The van der Waals surface area contributed by atoms with E-state index < -0.39 is 0 Å². The number of fused-ring (bicyclic) bond motifs is 1. The number of nitrogens with one attached hydrogen (secondary N) is 3. The summed E-state index contributed by atoms with van der Waals surface area (Å²) in [7, 11) is 3.39. The number of aromatic nitrogens is 1. The van der Waals surface area contributed by atoms with E-state index in [0.29, 0.717) is 18.3 Å². The molecule has 3 N–H and O–H groups in total. The van der Waals surface area contributed by atoms with Crippen molar-refractivity contribution in [1.29, 1.82) is 0 Å². The minimum Gasteiger partial charge on any atom is -0.493 e. The molecule has 0 aliphatic carbocycles. The molecule has 0 spiro atoms. The molecule has 0 fully saturated rings. The van der Waals surface area contributed by atoms with Crippen LogP contribution in [0.15, 0.2) is 53.5 Å². The van der Waals surface area contributed by atoms with Gasteiger partial charge in [0.25, 0.3) is 0 Å². The van der Waals surface area contributed by atoms with Gasteiger partial charge in [-0.25, -0.2) is 0 Å². The third-order valence-electron chi connectivity index (χ3n) is 4.22. The number of methoxy groups -OCH3 is 1. The summed E-state index contributed by atoms with van der Waals surface area (Å²) in [6, 6.07) is 16.2. The molecule has 0 radical (unpaired) electrons. The van der Waals surface area contributed by atoms with E-state index in [2.05, 4.69) is 44.9 Å². The van der Waals surface area contributed by atoms with Crippen molar-refractivity contribution in [3.05, 3.63) is 54.2 Å². The first-order valence-corrected chi connectivity index (χ1v) is 9.08. The Labute approximate surface area is 159 Å². The number of rotatable bonds is 7. The first-order valence-electron chi connectivity index (χ1n) is 9.08. The molecule has 0 bridgehead atoms. The molecule has 142 valence electrons. The summed E-state index contributed by atoms with van der Waals surface area (Å²) in [4.78, 5) is 7.72. The average Bonchev–Trinajstić information content (AvgIpc) is 3.11. The number of aromatic amines is 1. The zero-order chi connectivity index (χ0) is 19.1. The second-order valence-electron chi connectivity index (χ2n) is 6.05. The smallest absolute Gasteiger partial charge is 0.195 e. The Bertz CT molecular complexity index is 884. The Morgan fingerprint density at radius 1 is 1.11 bits per heavy atom. The molecule has 27 heavy (non-hydrogen) atoms. The molecule has 0 amide bonds. The molecular formula is C21H26N4O2. The van der Waals surface area contributed by atoms with Gasteiger partial charge < -0.3 is 25.1 Å². The van der Waals surface area contributed by atoms with Gasteiger partial charge >= 0.3 is 0 Å². The van der Waals surface area contributed by atoms with Crippen LogP contribution in [0.3, 0.4) is 0 Å². The molecule has 0 unspecified atom stereocenters. The van der Waals surface area contributed by atoms with E-state index >= 15 is 0 Å². The van der Waals surface area contributed by atoms with Crippen LogP contribution in [0.2, 0.25) is 0 Å². The van der Waals surface area contributed by atoms with E-state index in [-0.39, 0.29) is 0 Å². The van der Waals surface area contributed by atoms with Gasteiger partial charge in [0, 0.05) is 43.0 Å². The van der Waals surface area contributed by atoms with Gasteiger partial charge in [-0.3, -0.25) is 4.99 Å². The van der Waals surface area contributed by atoms with Crippen molar-refractivity contribution >= 4 is 22.5 Å². The fraction of sp³-hybridized carbons (Fsp3) is 0.286. The fourth-order valence-corrected chi connectivity index (χ4v) is 2.92. The van der Waals surface area contributed by atoms with E-state index in [1.807, 2.05) is 31.2 Å². The van der Waals surface area contributed by atoms with E-state index in [1.165, 1.54) is 11.1 Å². The topological polar surface area (TPSA) is 70.7 Å². The van der Waals surface area contributed by atoms with Gasteiger partial charge in [-0.2, -0.15) is 0 Å². The number of para-hydroxylation sites is 1. The molecular weight excluding hydrogens is 340 g/mol. The lowest BCUT2D eigenvalue weighted by Gasteiger charge is -2.14. The second-order valence-corrected chi connectivity index (χ2v) is 6.05.